The summed E-state index contributed by atoms with van der Waals surface area (Å²) in [5.41, 5.74) is 0.292. The lowest BCUT2D eigenvalue weighted by Crippen LogP contribution is -2.39. The molecule has 3 rings (SSSR count). The molecule has 0 amide bonds. The van der Waals surface area contributed by atoms with Crippen LogP contribution in [0.5, 0.6) is 0 Å². The molecule has 1 aliphatic rings. The van der Waals surface area contributed by atoms with E-state index in [2.05, 4.69) is 14.7 Å². The maximum absolute atomic E-state index is 13.3. The number of aromatic nitrogens is 1. The van der Waals surface area contributed by atoms with Gasteiger partial charge in [-0.3, -0.25) is 4.90 Å². The Morgan fingerprint density at radius 2 is 2.09 bits per heavy atom. The quantitative estimate of drug-likeness (QED) is 0.918. The molecule has 1 N–H and O–H groups in total. The average molecular weight is 320 g/mol. The maximum atomic E-state index is 13.3. The van der Waals surface area contributed by atoms with Crippen LogP contribution in [-0.4, -0.2) is 25.9 Å². The van der Waals surface area contributed by atoms with Crippen molar-refractivity contribution in [3.05, 3.63) is 48.4 Å². The van der Waals surface area contributed by atoms with E-state index in [1.54, 1.807) is 29.3 Å². The van der Waals surface area contributed by atoms with Crippen molar-refractivity contribution < 1.29 is 12.8 Å². The van der Waals surface area contributed by atoms with Gasteiger partial charge in [0.25, 0.3) is 10.0 Å². The van der Waals surface area contributed by atoms with Crippen LogP contribution in [-0.2, 0) is 10.0 Å². The first kappa shape index (κ1) is 14.5. The van der Waals surface area contributed by atoms with Crippen molar-refractivity contribution in [3.8, 4) is 0 Å². The van der Waals surface area contributed by atoms with Gasteiger partial charge in [-0.25, -0.2) is 9.37 Å². The van der Waals surface area contributed by atoms with E-state index in [1.807, 2.05) is 6.92 Å². The number of anilines is 2. The number of pyridine rings is 1. The van der Waals surface area contributed by atoms with Crippen molar-refractivity contribution >= 4 is 27.5 Å². The van der Waals surface area contributed by atoms with Crippen LogP contribution in [0.15, 0.2) is 51.9 Å². The molecule has 2 aromatic rings. The van der Waals surface area contributed by atoms with Gasteiger partial charge in [-0.2, -0.15) is 8.42 Å². The van der Waals surface area contributed by atoms with E-state index in [-0.39, 0.29) is 10.9 Å². The summed E-state index contributed by atoms with van der Waals surface area (Å²) in [6.07, 6.45) is 1.61. The van der Waals surface area contributed by atoms with Gasteiger partial charge in [0, 0.05) is 12.7 Å². The summed E-state index contributed by atoms with van der Waals surface area (Å²) < 4.78 is 41.5. The molecule has 2 heterocycles. The second-order valence-corrected chi connectivity index (χ2v) is 6.16. The van der Waals surface area contributed by atoms with Crippen LogP contribution in [0.4, 0.5) is 15.9 Å². The van der Waals surface area contributed by atoms with Crippen LogP contribution >= 0.6 is 0 Å². The van der Waals surface area contributed by atoms with E-state index in [9.17, 15) is 12.8 Å². The predicted octanol–water partition coefficient (Wildman–Crippen LogP) is 2.22. The van der Waals surface area contributed by atoms with E-state index in [4.69, 9.17) is 0 Å². The Kier molecular flexibility index (Phi) is 3.53. The first-order chi connectivity index (χ1) is 10.5. The van der Waals surface area contributed by atoms with Gasteiger partial charge < -0.3 is 5.32 Å². The smallest absolute Gasteiger partial charge is 0.287 e. The van der Waals surface area contributed by atoms with Crippen molar-refractivity contribution in [2.45, 2.75) is 11.8 Å². The summed E-state index contributed by atoms with van der Waals surface area (Å²) >= 11 is 0. The lowest BCUT2D eigenvalue weighted by molar-refractivity contribution is 0.592. The van der Waals surface area contributed by atoms with Gasteiger partial charge in [0.05, 0.1) is 5.69 Å². The molecule has 0 spiro atoms. The minimum Gasteiger partial charge on any atom is -0.324 e. The molecular formula is C14H13FN4O2S. The number of benzene rings is 1. The number of hydrogen-bond acceptors (Lipinski definition) is 5. The Morgan fingerprint density at radius 3 is 2.77 bits per heavy atom. The molecule has 0 radical (unpaired) electrons. The first-order valence-corrected chi connectivity index (χ1v) is 8.05. The highest BCUT2D eigenvalue weighted by atomic mass is 32.2. The number of guanidine groups is 1. The number of fused-ring (bicyclic) bond motifs is 1. The Balaban J connectivity index is 2.07. The monoisotopic (exact) mass is 320 g/mol. The largest absolute Gasteiger partial charge is 0.324 e. The van der Waals surface area contributed by atoms with Crippen molar-refractivity contribution in [2.75, 3.05) is 16.8 Å². The molecule has 1 aromatic heterocycles. The van der Waals surface area contributed by atoms with Crippen molar-refractivity contribution in [2.24, 2.45) is 4.40 Å². The maximum Gasteiger partial charge on any atom is 0.287 e. The fourth-order valence-electron chi connectivity index (χ4n) is 2.17. The molecule has 0 saturated carbocycles. The van der Waals surface area contributed by atoms with E-state index in [0.717, 1.165) is 6.07 Å². The van der Waals surface area contributed by atoms with Crippen LogP contribution in [0.1, 0.15) is 6.92 Å². The Bertz CT molecular complexity index is 837. The van der Waals surface area contributed by atoms with Crippen molar-refractivity contribution in [3.63, 3.8) is 0 Å². The summed E-state index contributed by atoms with van der Waals surface area (Å²) in [6.45, 7) is 2.32. The number of nitrogens with one attached hydrogen (secondary N) is 1. The third kappa shape index (κ3) is 2.52. The third-order valence-corrected chi connectivity index (χ3v) is 4.48. The molecule has 114 valence electrons. The second-order valence-electron chi connectivity index (χ2n) is 4.59. The molecule has 8 heteroatoms. The highest BCUT2D eigenvalue weighted by Crippen LogP contribution is 2.29. The Morgan fingerprint density at radius 1 is 1.27 bits per heavy atom. The van der Waals surface area contributed by atoms with Crippen molar-refractivity contribution in [1.82, 2.24) is 4.98 Å². The van der Waals surface area contributed by atoms with E-state index < -0.39 is 15.8 Å². The normalized spacial score (nSPS) is 15.5. The highest BCUT2D eigenvalue weighted by Gasteiger charge is 2.28. The van der Waals surface area contributed by atoms with Crippen LogP contribution in [0.25, 0.3) is 0 Å². The zero-order chi connectivity index (χ0) is 15.7. The van der Waals surface area contributed by atoms with Crippen LogP contribution in [0.3, 0.4) is 0 Å². The van der Waals surface area contributed by atoms with Crippen molar-refractivity contribution in [1.29, 1.82) is 0 Å². The number of hydrogen-bond donors (Lipinski definition) is 1. The number of sulfonamides is 1. The minimum absolute atomic E-state index is 0.139. The summed E-state index contributed by atoms with van der Waals surface area (Å²) in [5, 5.41) is 2.92. The third-order valence-electron chi connectivity index (χ3n) is 3.17. The summed E-state index contributed by atoms with van der Waals surface area (Å²) in [4.78, 5) is 5.65. The van der Waals surface area contributed by atoms with Gasteiger partial charge >= 0.3 is 0 Å². The van der Waals surface area contributed by atoms with Crippen LogP contribution in [0, 0.1) is 5.82 Å². The minimum atomic E-state index is -3.96. The fourth-order valence-corrected chi connectivity index (χ4v) is 3.30. The van der Waals surface area contributed by atoms with Gasteiger partial charge in [0.2, 0.25) is 5.96 Å². The van der Waals surface area contributed by atoms with Gasteiger partial charge in [0.1, 0.15) is 16.5 Å². The fraction of sp³-hybridized carbons (Fsp3) is 0.143. The topological polar surface area (TPSA) is 74.7 Å². The zero-order valence-corrected chi connectivity index (χ0v) is 12.5. The average Bonchev–Trinajstić information content (AvgIpc) is 2.49. The van der Waals surface area contributed by atoms with Crippen LogP contribution in [0.2, 0.25) is 0 Å². The molecule has 0 unspecified atom stereocenters. The SMILES string of the molecule is CCN(C1=NS(=O)(=O)c2cc(F)ccc2N1)c1ccccn1. The van der Waals surface area contributed by atoms with E-state index in [1.165, 1.54) is 12.1 Å². The molecule has 0 fully saturated rings. The molecule has 22 heavy (non-hydrogen) atoms. The Labute approximate surface area is 127 Å². The second kappa shape index (κ2) is 5.38. The number of halogens is 1. The summed E-state index contributed by atoms with van der Waals surface area (Å²) in [5.74, 6) is 0.0807. The standard InChI is InChI=1S/C14H13FN4O2S/c1-2-19(13-5-3-4-8-16-13)14-17-11-7-6-10(15)9-12(11)22(20,21)18-14/h3-9H,2H2,1H3,(H,17,18). The number of nitrogens with zero attached hydrogens (tertiary/aromatic N) is 3. The van der Waals surface area contributed by atoms with Gasteiger partial charge in [-0.05, 0) is 37.3 Å². The zero-order valence-electron chi connectivity index (χ0n) is 11.7. The molecule has 1 aliphatic heterocycles. The summed E-state index contributed by atoms with van der Waals surface area (Å²) in [7, 11) is -3.96. The molecule has 1 aromatic carbocycles. The lowest BCUT2D eigenvalue weighted by atomic mass is 10.3. The van der Waals surface area contributed by atoms with E-state index in [0.29, 0.717) is 18.1 Å². The molecule has 0 atom stereocenters. The predicted molar refractivity (Wildman–Crippen MR) is 81.9 cm³/mol. The molecule has 0 bridgehead atoms. The first-order valence-electron chi connectivity index (χ1n) is 6.61. The molecule has 0 aliphatic carbocycles. The lowest BCUT2D eigenvalue weighted by Gasteiger charge is -2.27. The molecule has 6 nitrogen and oxygen atoms in total. The molecular weight excluding hydrogens is 307 g/mol. The van der Waals surface area contributed by atoms with Gasteiger partial charge in [-0.15, -0.1) is 4.40 Å². The van der Waals surface area contributed by atoms with Gasteiger partial charge in [-0.1, -0.05) is 6.07 Å². The van der Waals surface area contributed by atoms with Gasteiger partial charge in [0.15, 0.2) is 0 Å². The summed E-state index contributed by atoms with van der Waals surface area (Å²) in [6, 6.07) is 8.84. The van der Waals surface area contributed by atoms with Crippen LogP contribution < -0.4 is 10.2 Å². The highest BCUT2D eigenvalue weighted by molar-refractivity contribution is 7.90. The van der Waals surface area contributed by atoms with E-state index >= 15 is 0 Å². The molecule has 0 saturated heterocycles. The number of rotatable bonds is 2. The Hall–Kier alpha value is -2.48.